The zero-order valence-corrected chi connectivity index (χ0v) is 13.2. The minimum atomic E-state index is -0.866. The van der Waals surface area contributed by atoms with Gasteiger partial charge in [-0.2, -0.15) is 0 Å². The van der Waals surface area contributed by atoms with Gasteiger partial charge in [0.1, 0.15) is 0 Å². The van der Waals surface area contributed by atoms with E-state index in [2.05, 4.69) is 31.8 Å². The van der Waals surface area contributed by atoms with Crippen molar-refractivity contribution in [1.29, 1.82) is 0 Å². The first-order valence-corrected chi connectivity index (χ1v) is 11.3. The third-order valence-electron chi connectivity index (χ3n) is 3.61. The summed E-state index contributed by atoms with van der Waals surface area (Å²) in [5.74, 6) is 1.82. The molecule has 0 nitrogen and oxygen atoms in total. The molecule has 0 atom stereocenters. The maximum absolute atomic E-state index is 2.45. The summed E-state index contributed by atoms with van der Waals surface area (Å²) in [7, 11) is -0.866. The van der Waals surface area contributed by atoms with Crippen LogP contribution < -0.4 is 0 Å². The third kappa shape index (κ3) is 8.65. The molecule has 0 heterocycles. The molecule has 0 unspecified atom stereocenters. The molecule has 1 radical (unpaired) electrons. The van der Waals surface area contributed by atoms with Gasteiger partial charge in [0.15, 0.2) is 0 Å². The number of allylic oxidation sites excluding steroid dienone is 2. The van der Waals surface area contributed by atoms with Crippen LogP contribution in [-0.4, -0.2) is 8.07 Å². The summed E-state index contributed by atoms with van der Waals surface area (Å²) in [6.45, 7) is 7.35. The highest BCUT2D eigenvalue weighted by atomic mass is 28.3. The summed E-state index contributed by atoms with van der Waals surface area (Å²) < 4.78 is 0. The topological polar surface area (TPSA) is 0 Å². The highest BCUT2D eigenvalue weighted by Gasteiger charge is 2.11. The first-order chi connectivity index (χ1) is 8.08. The molecule has 0 bridgehead atoms. The molecule has 1 heteroatoms. The molecule has 0 saturated heterocycles. The van der Waals surface area contributed by atoms with Crippen molar-refractivity contribution >= 4 is 8.07 Å². The Morgan fingerprint density at radius 3 is 1.88 bits per heavy atom. The summed E-state index contributed by atoms with van der Waals surface area (Å²) in [5, 5.41) is 0. The molecule has 17 heavy (non-hydrogen) atoms. The SMILES string of the molecule is C[Si](C)(C)CC=CC[C]1CCCCCCCC1. The molecule has 1 fully saturated rings. The lowest BCUT2D eigenvalue weighted by molar-refractivity contribution is 0.624. The van der Waals surface area contributed by atoms with Gasteiger partial charge in [0.25, 0.3) is 0 Å². The zero-order valence-electron chi connectivity index (χ0n) is 12.2. The van der Waals surface area contributed by atoms with Crippen molar-refractivity contribution < 1.29 is 0 Å². The van der Waals surface area contributed by atoms with E-state index >= 15 is 0 Å². The van der Waals surface area contributed by atoms with Crippen LogP contribution in [0.4, 0.5) is 0 Å². The fourth-order valence-corrected chi connectivity index (χ4v) is 3.35. The predicted octanol–water partition coefficient (Wildman–Crippen LogP) is 5.98. The van der Waals surface area contributed by atoms with Crippen LogP contribution in [-0.2, 0) is 0 Å². The van der Waals surface area contributed by atoms with Gasteiger partial charge in [0.05, 0.1) is 0 Å². The van der Waals surface area contributed by atoms with Gasteiger partial charge in [0, 0.05) is 8.07 Å². The first kappa shape index (κ1) is 15.0. The molecule has 1 aliphatic carbocycles. The van der Waals surface area contributed by atoms with Gasteiger partial charge in [-0.05, 0) is 31.2 Å². The van der Waals surface area contributed by atoms with Crippen LogP contribution in [0.3, 0.4) is 0 Å². The Hall–Kier alpha value is -0.0431. The molecular weight excluding hydrogens is 220 g/mol. The molecule has 1 saturated carbocycles. The van der Waals surface area contributed by atoms with Gasteiger partial charge in [-0.15, -0.1) is 0 Å². The zero-order chi connectivity index (χ0) is 12.6. The van der Waals surface area contributed by atoms with Crippen LogP contribution in [0.2, 0.25) is 25.7 Å². The smallest absolute Gasteiger partial charge is 0.0480 e. The Morgan fingerprint density at radius 2 is 1.35 bits per heavy atom. The molecule has 0 spiro atoms. The summed E-state index contributed by atoms with van der Waals surface area (Å²) in [6, 6.07) is 1.35. The van der Waals surface area contributed by atoms with E-state index in [1.165, 1.54) is 63.8 Å². The number of rotatable bonds is 4. The standard InChI is InChI=1S/C16H31Si/c1-17(2,3)15-11-10-14-16-12-8-6-4-5-7-9-13-16/h10-11H,4-9,12-15H2,1-3H3. The molecule has 0 N–H and O–H groups in total. The molecular formula is C16H31Si. The molecule has 99 valence electrons. The van der Waals surface area contributed by atoms with Gasteiger partial charge < -0.3 is 0 Å². The fourth-order valence-electron chi connectivity index (χ4n) is 2.47. The lowest BCUT2D eigenvalue weighted by atomic mass is 9.93. The molecule has 0 aromatic carbocycles. The second kappa shape index (κ2) is 8.13. The van der Waals surface area contributed by atoms with Gasteiger partial charge >= 0.3 is 0 Å². The van der Waals surface area contributed by atoms with E-state index in [1.807, 2.05) is 5.92 Å². The van der Waals surface area contributed by atoms with Gasteiger partial charge in [0.2, 0.25) is 0 Å². The van der Waals surface area contributed by atoms with E-state index in [4.69, 9.17) is 0 Å². The molecule has 0 aromatic rings. The molecule has 0 amide bonds. The summed E-state index contributed by atoms with van der Waals surface area (Å²) in [4.78, 5) is 0. The van der Waals surface area contributed by atoms with E-state index in [9.17, 15) is 0 Å². The minimum Gasteiger partial charge on any atom is -0.0912 e. The van der Waals surface area contributed by atoms with Crippen LogP contribution in [0.1, 0.15) is 57.8 Å². The van der Waals surface area contributed by atoms with Crippen molar-refractivity contribution in [2.24, 2.45) is 0 Å². The third-order valence-corrected chi connectivity index (χ3v) is 5.07. The second-order valence-electron chi connectivity index (χ2n) is 6.81. The van der Waals surface area contributed by atoms with E-state index in [0.29, 0.717) is 0 Å². The van der Waals surface area contributed by atoms with Crippen LogP contribution in [0.15, 0.2) is 12.2 Å². The Labute approximate surface area is 110 Å². The maximum atomic E-state index is 2.45. The highest BCUT2D eigenvalue weighted by molar-refractivity contribution is 6.76. The molecule has 1 aliphatic rings. The lowest BCUT2D eigenvalue weighted by Gasteiger charge is -2.14. The van der Waals surface area contributed by atoms with Crippen LogP contribution >= 0.6 is 0 Å². The van der Waals surface area contributed by atoms with E-state index < -0.39 is 8.07 Å². The largest absolute Gasteiger partial charge is 0.0912 e. The van der Waals surface area contributed by atoms with Crippen molar-refractivity contribution in [2.45, 2.75) is 83.5 Å². The quantitative estimate of drug-likeness (QED) is 0.426. The Balaban J connectivity index is 2.23. The van der Waals surface area contributed by atoms with E-state index in [0.717, 1.165) is 0 Å². The average molecular weight is 252 g/mol. The summed E-state index contributed by atoms with van der Waals surface area (Å²) in [5.41, 5.74) is 0. The summed E-state index contributed by atoms with van der Waals surface area (Å²) >= 11 is 0. The Bertz CT molecular complexity index is 202. The van der Waals surface area contributed by atoms with Gasteiger partial charge in [-0.3, -0.25) is 0 Å². The van der Waals surface area contributed by atoms with E-state index in [-0.39, 0.29) is 0 Å². The average Bonchev–Trinajstić information content (AvgIpc) is 2.36. The van der Waals surface area contributed by atoms with Crippen molar-refractivity contribution in [1.82, 2.24) is 0 Å². The molecule has 1 rings (SSSR count). The second-order valence-corrected chi connectivity index (χ2v) is 12.3. The predicted molar refractivity (Wildman–Crippen MR) is 82.1 cm³/mol. The van der Waals surface area contributed by atoms with Crippen LogP contribution in [0.5, 0.6) is 0 Å². The van der Waals surface area contributed by atoms with Crippen molar-refractivity contribution in [3.63, 3.8) is 0 Å². The molecule has 0 aliphatic heterocycles. The van der Waals surface area contributed by atoms with Crippen LogP contribution in [0.25, 0.3) is 0 Å². The van der Waals surface area contributed by atoms with Gasteiger partial charge in [-0.25, -0.2) is 0 Å². The highest BCUT2D eigenvalue weighted by Crippen LogP contribution is 2.26. The van der Waals surface area contributed by atoms with Crippen molar-refractivity contribution in [3.8, 4) is 0 Å². The molecule has 0 aromatic heterocycles. The van der Waals surface area contributed by atoms with E-state index in [1.54, 1.807) is 0 Å². The van der Waals surface area contributed by atoms with Gasteiger partial charge in [-0.1, -0.05) is 70.3 Å². The maximum Gasteiger partial charge on any atom is 0.0480 e. The summed E-state index contributed by atoms with van der Waals surface area (Å²) in [6.07, 6.45) is 17.7. The number of hydrogen-bond acceptors (Lipinski definition) is 0. The number of hydrogen-bond donors (Lipinski definition) is 0. The fraction of sp³-hybridized carbons (Fsp3) is 0.812. The minimum absolute atomic E-state index is 0.866. The van der Waals surface area contributed by atoms with Crippen LogP contribution in [0, 0.1) is 5.92 Å². The lowest BCUT2D eigenvalue weighted by Crippen LogP contribution is -2.17. The van der Waals surface area contributed by atoms with Crippen molar-refractivity contribution in [2.75, 3.05) is 0 Å². The normalized spacial score (nSPS) is 21.1. The Kier molecular flexibility index (Phi) is 7.18. The van der Waals surface area contributed by atoms with Crippen molar-refractivity contribution in [3.05, 3.63) is 18.1 Å². The Morgan fingerprint density at radius 1 is 0.824 bits per heavy atom. The monoisotopic (exact) mass is 251 g/mol. The first-order valence-electron chi connectivity index (χ1n) is 7.56.